The van der Waals surface area contributed by atoms with Gasteiger partial charge >= 0.3 is 5.97 Å². The standard InChI is InChI=1S/C9H13N3O2S/c1-5-10-11-9(12(5)2)15-7(8(13)14)6-3-4-6/h6-7H,3-4H2,1-2H3,(H,13,14). The maximum Gasteiger partial charge on any atom is 0.317 e. The van der Waals surface area contributed by atoms with E-state index in [4.69, 9.17) is 5.11 Å². The number of nitrogens with zero attached hydrogens (tertiary/aromatic N) is 3. The van der Waals surface area contributed by atoms with Crippen LogP contribution in [0.1, 0.15) is 18.7 Å². The van der Waals surface area contributed by atoms with Crippen LogP contribution >= 0.6 is 11.8 Å². The lowest BCUT2D eigenvalue weighted by atomic mass is 10.3. The summed E-state index contributed by atoms with van der Waals surface area (Å²) >= 11 is 1.30. The molecule has 0 spiro atoms. The van der Waals surface area contributed by atoms with Crippen LogP contribution in [0.2, 0.25) is 0 Å². The zero-order valence-electron chi connectivity index (χ0n) is 8.67. The maximum absolute atomic E-state index is 11.0. The number of aliphatic carboxylic acids is 1. The lowest BCUT2D eigenvalue weighted by molar-refractivity contribution is -0.136. The highest BCUT2D eigenvalue weighted by Crippen LogP contribution is 2.41. The molecule has 1 unspecified atom stereocenters. The lowest BCUT2D eigenvalue weighted by Crippen LogP contribution is -2.19. The van der Waals surface area contributed by atoms with Gasteiger partial charge in [-0.1, -0.05) is 11.8 Å². The largest absolute Gasteiger partial charge is 0.480 e. The van der Waals surface area contributed by atoms with Crippen molar-refractivity contribution in [3.63, 3.8) is 0 Å². The van der Waals surface area contributed by atoms with E-state index in [1.54, 1.807) is 0 Å². The summed E-state index contributed by atoms with van der Waals surface area (Å²) in [5.74, 6) is 0.366. The molecule has 1 saturated carbocycles. The zero-order valence-corrected chi connectivity index (χ0v) is 9.49. The fourth-order valence-corrected chi connectivity index (χ4v) is 2.52. The predicted octanol–water partition coefficient (Wildman–Crippen LogP) is 1.08. The Balaban J connectivity index is 2.12. The Bertz CT molecular complexity index is 387. The molecule has 5 nitrogen and oxygen atoms in total. The van der Waals surface area contributed by atoms with Crippen LogP contribution in [0.25, 0.3) is 0 Å². The van der Waals surface area contributed by atoms with E-state index in [0.717, 1.165) is 18.7 Å². The third-order valence-electron chi connectivity index (χ3n) is 2.58. The van der Waals surface area contributed by atoms with Crippen LogP contribution in [0, 0.1) is 12.8 Å². The molecule has 6 heteroatoms. The Kier molecular flexibility index (Phi) is 2.68. The molecule has 1 atom stereocenters. The molecule has 0 aromatic carbocycles. The summed E-state index contributed by atoms with van der Waals surface area (Å²) in [6, 6.07) is 0. The predicted molar refractivity (Wildman–Crippen MR) is 55.7 cm³/mol. The van der Waals surface area contributed by atoms with Crippen molar-refractivity contribution in [3.8, 4) is 0 Å². The van der Waals surface area contributed by atoms with E-state index in [9.17, 15) is 4.79 Å². The van der Waals surface area contributed by atoms with Gasteiger partial charge in [-0.3, -0.25) is 4.79 Å². The first-order valence-corrected chi connectivity index (χ1v) is 5.73. The number of carbonyl (C=O) groups is 1. The molecular weight excluding hydrogens is 214 g/mol. The summed E-state index contributed by atoms with van der Waals surface area (Å²) < 4.78 is 1.82. The molecule has 1 fully saturated rings. The number of aromatic nitrogens is 3. The first-order valence-electron chi connectivity index (χ1n) is 4.85. The third-order valence-corrected chi connectivity index (χ3v) is 3.99. The second kappa shape index (κ2) is 3.84. The monoisotopic (exact) mass is 227 g/mol. The topological polar surface area (TPSA) is 68.0 Å². The van der Waals surface area contributed by atoms with Crippen molar-refractivity contribution >= 4 is 17.7 Å². The first kappa shape index (κ1) is 10.5. The third kappa shape index (κ3) is 2.14. The highest BCUT2D eigenvalue weighted by Gasteiger charge is 2.38. The number of carboxylic acid groups (broad SMARTS) is 1. The van der Waals surface area contributed by atoms with E-state index in [1.165, 1.54) is 11.8 Å². The molecule has 1 aromatic rings. The molecule has 0 aliphatic heterocycles. The van der Waals surface area contributed by atoms with Gasteiger partial charge in [0, 0.05) is 7.05 Å². The molecule has 0 radical (unpaired) electrons. The molecule has 0 bridgehead atoms. The van der Waals surface area contributed by atoms with Crippen molar-refractivity contribution in [2.45, 2.75) is 30.2 Å². The van der Waals surface area contributed by atoms with Crippen LogP contribution in [0.4, 0.5) is 0 Å². The van der Waals surface area contributed by atoms with Gasteiger partial charge in [0.2, 0.25) is 0 Å². The molecular formula is C9H13N3O2S. The van der Waals surface area contributed by atoms with Crippen molar-refractivity contribution in [2.75, 3.05) is 0 Å². The number of aryl methyl sites for hydroxylation is 1. The molecule has 0 amide bonds. The van der Waals surface area contributed by atoms with Crippen molar-refractivity contribution in [3.05, 3.63) is 5.82 Å². The number of rotatable bonds is 4. The summed E-state index contributed by atoms with van der Waals surface area (Å²) in [4.78, 5) is 11.0. The van der Waals surface area contributed by atoms with Crippen LogP contribution in [-0.2, 0) is 11.8 Å². The first-order chi connectivity index (χ1) is 7.09. The molecule has 15 heavy (non-hydrogen) atoms. The quantitative estimate of drug-likeness (QED) is 0.779. The van der Waals surface area contributed by atoms with Gasteiger partial charge in [-0.05, 0) is 25.7 Å². The number of hydrogen-bond donors (Lipinski definition) is 1. The molecule has 1 aromatic heterocycles. The Labute approximate surface area is 91.9 Å². The zero-order chi connectivity index (χ0) is 11.0. The van der Waals surface area contributed by atoms with Crippen molar-refractivity contribution < 1.29 is 9.90 Å². The van der Waals surface area contributed by atoms with Crippen LogP contribution in [0.3, 0.4) is 0 Å². The summed E-state index contributed by atoms with van der Waals surface area (Å²) in [6.45, 7) is 1.85. The van der Waals surface area contributed by atoms with Gasteiger partial charge < -0.3 is 9.67 Å². The Hall–Kier alpha value is -1.04. The molecule has 1 heterocycles. The SMILES string of the molecule is Cc1nnc(SC(C(=O)O)C2CC2)n1C. The van der Waals surface area contributed by atoms with Crippen LogP contribution < -0.4 is 0 Å². The van der Waals surface area contributed by atoms with Crippen LogP contribution in [0.5, 0.6) is 0 Å². The fraction of sp³-hybridized carbons (Fsp3) is 0.667. The summed E-state index contributed by atoms with van der Waals surface area (Å²) in [6.07, 6.45) is 2.03. The van der Waals surface area contributed by atoms with E-state index < -0.39 is 5.97 Å². The van der Waals surface area contributed by atoms with Gasteiger partial charge in [-0.15, -0.1) is 10.2 Å². The second-order valence-corrected chi connectivity index (χ2v) is 4.91. The van der Waals surface area contributed by atoms with Gasteiger partial charge in [0.1, 0.15) is 11.1 Å². The minimum atomic E-state index is -0.747. The van der Waals surface area contributed by atoms with E-state index in [2.05, 4.69) is 10.2 Å². The molecule has 1 N–H and O–H groups in total. The van der Waals surface area contributed by atoms with Crippen molar-refractivity contribution in [2.24, 2.45) is 13.0 Å². The number of carboxylic acids is 1. The Morgan fingerprint density at radius 1 is 1.60 bits per heavy atom. The van der Waals surface area contributed by atoms with Gasteiger partial charge in [0.15, 0.2) is 5.16 Å². The van der Waals surface area contributed by atoms with Gasteiger partial charge in [0.05, 0.1) is 0 Å². The summed E-state index contributed by atoms with van der Waals surface area (Å²) in [7, 11) is 1.85. The Morgan fingerprint density at radius 2 is 2.27 bits per heavy atom. The van der Waals surface area contributed by atoms with Gasteiger partial charge in [-0.25, -0.2) is 0 Å². The van der Waals surface area contributed by atoms with Gasteiger partial charge in [0.25, 0.3) is 0 Å². The molecule has 1 aliphatic carbocycles. The number of hydrogen-bond acceptors (Lipinski definition) is 4. The number of thioether (sulfide) groups is 1. The van der Waals surface area contributed by atoms with E-state index in [0.29, 0.717) is 11.1 Å². The van der Waals surface area contributed by atoms with Crippen molar-refractivity contribution in [1.29, 1.82) is 0 Å². The van der Waals surface area contributed by atoms with Crippen molar-refractivity contribution in [1.82, 2.24) is 14.8 Å². The Morgan fingerprint density at radius 3 is 2.67 bits per heavy atom. The smallest absolute Gasteiger partial charge is 0.317 e. The average Bonchev–Trinajstić information content (AvgIpc) is 2.95. The molecule has 82 valence electrons. The van der Waals surface area contributed by atoms with Gasteiger partial charge in [-0.2, -0.15) is 0 Å². The highest BCUT2D eigenvalue weighted by atomic mass is 32.2. The second-order valence-electron chi connectivity index (χ2n) is 3.80. The minimum Gasteiger partial charge on any atom is -0.480 e. The summed E-state index contributed by atoms with van der Waals surface area (Å²) in [5, 5.41) is 17.3. The molecule has 2 rings (SSSR count). The van der Waals surface area contributed by atoms with E-state index >= 15 is 0 Å². The van der Waals surface area contributed by atoms with E-state index in [-0.39, 0.29) is 5.25 Å². The minimum absolute atomic E-state index is 0.310. The lowest BCUT2D eigenvalue weighted by Gasteiger charge is -2.09. The van der Waals surface area contributed by atoms with Crippen LogP contribution in [-0.4, -0.2) is 31.1 Å². The van der Waals surface area contributed by atoms with E-state index in [1.807, 2.05) is 18.5 Å². The molecule has 1 aliphatic rings. The summed E-state index contributed by atoms with van der Waals surface area (Å²) in [5.41, 5.74) is 0. The highest BCUT2D eigenvalue weighted by molar-refractivity contribution is 8.00. The maximum atomic E-state index is 11.0. The normalized spacial score (nSPS) is 17.7. The fourth-order valence-electron chi connectivity index (χ4n) is 1.35. The molecule has 0 saturated heterocycles. The van der Waals surface area contributed by atoms with Crippen LogP contribution in [0.15, 0.2) is 5.16 Å². The average molecular weight is 227 g/mol.